The van der Waals surface area contributed by atoms with Crippen LogP contribution in [0, 0.1) is 17.1 Å². The molecule has 0 bridgehead atoms. The second-order valence-electron chi connectivity index (χ2n) is 12.3. The van der Waals surface area contributed by atoms with Gasteiger partial charge in [-0.1, -0.05) is 36.4 Å². The number of benzene rings is 2. The first-order valence-corrected chi connectivity index (χ1v) is 16.0. The molecule has 0 aliphatic carbocycles. The van der Waals surface area contributed by atoms with E-state index in [1.54, 1.807) is 4.90 Å². The number of carbonyl (C=O) groups is 1. The fourth-order valence-corrected chi connectivity index (χ4v) is 6.71. The van der Waals surface area contributed by atoms with Gasteiger partial charge < -0.3 is 29.1 Å². The van der Waals surface area contributed by atoms with Gasteiger partial charge in [-0.2, -0.15) is 28.4 Å². The lowest BCUT2D eigenvalue weighted by Gasteiger charge is -2.42. The summed E-state index contributed by atoms with van der Waals surface area (Å²) in [6, 6.07) is 14.6. The monoisotopic (exact) mass is 667 g/mol. The topological polar surface area (TPSA) is 98.1 Å². The lowest BCUT2D eigenvalue weighted by atomic mass is 10.0. The molecule has 14 heteroatoms. The number of nitrogens with zero attached hydrogens (tertiary/aromatic N) is 7. The zero-order chi connectivity index (χ0) is 33.8. The Morgan fingerprint density at radius 2 is 1.83 bits per heavy atom. The zero-order valence-corrected chi connectivity index (χ0v) is 26.6. The third-order valence-corrected chi connectivity index (χ3v) is 9.26. The third-order valence-electron chi connectivity index (χ3n) is 9.26. The minimum atomic E-state index is -4.88. The van der Waals surface area contributed by atoms with Gasteiger partial charge in [0.15, 0.2) is 0 Å². The van der Waals surface area contributed by atoms with Crippen molar-refractivity contribution in [2.45, 2.75) is 57.1 Å². The zero-order valence-electron chi connectivity index (χ0n) is 26.6. The maximum absolute atomic E-state index is 14.5. The normalized spacial score (nSPS) is 20.0. The van der Waals surface area contributed by atoms with Crippen LogP contribution in [0.5, 0.6) is 6.01 Å². The van der Waals surface area contributed by atoms with Crippen LogP contribution in [0.2, 0.25) is 0 Å². The minimum absolute atomic E-state index is 0.00945. The molecule has 3 aliphatic heterocycles. The van der Waals surface area contributed by atoms with Crippen LogP contribution in [0.25, 0.3) is 0 Å². The van der Waals surface area contributed by atoms with E-state index in [1.165, 1.54) is 17.0 Å². The quantitative estimate of drug-likeness (QED) is 0.292. The summed E-state index contributed by atoms with van der Waals surface area (Å²) in [4.78, 5) is 29.8. The van der Waals surface area contributed by atoms with Crippen LogP contribution < -0.4 is 14.5 Å². The summed E-state index contributed by atoms with van der Waals surface area (Å²) in [5.41, 5.74) is 0.523. The Morgan fingerprint density at radius 1 is 1.02 bits per heavy atom. The van der Waals surface area contributed by atoms with Crippen molar-refractivity contribution in [2.75, 3.05) is 56.2 Å². The fourth-order valence-electron chi connectivity index (χ4n) is 6.71. The predicted molar refractivity (Wildman–Crippen MR) is 169 cm³/mol. The van der Waals surface area contributed by atoms with Crippen molar-refractivity contribution < 1.29 is 31.8 Å². The van der Waals surface area contributed by atoms with E-state index >= 15 is 0 Å². The lowest BCUT2D eigenvalue weighted by Crippen LogP contribution is -2.55. The number of halogens is 4. The lowest BCUT2D eigenvalue weighted by molar-refractivity contribution is -0.139. The van der Waals surface area contributed by atoms with Crippen molar-refractivity contribution in [3.05, 3.63) is 76.7 Å². The molecule has 1 amide bonds. The number of rotatable bonds is 8. The molecule has 254 valence electrons. The summed E-state index contributed by atoms with van der Waals surface area (Å²) in [6.45, 7) is 2.50. The van der Waals surface area contributed by atoms with Crippen LogP contribution in [0.3, 0.4) is 0 Å². The van der Waals surface area contributed by atoms with Gasteiger partial charge in [-0.05, 0) is 50.6 Å². The number of likely N-dealkylation sites (tertiary alicyclic amines) is 1. The van der Waals surface area contributed by atoms with Crippen molar-refractivity contribution in [2.24, 2.45) is 0 Å². The van der Waals surface area contributed by atoms with Gasteiger partial charge >= 0.3 is 18.3 Å². The molecule has 1 aromatic heterocycles. The molecule has 0 saturated carbocycles. The number of nitriles is 1. The number of hydrogen-bond acceptors (Lipinski definition) is 9. The van der Waals surface area contributed by atoms with E-state index in [4.69, 9.17) is 14.5 Å². The Kier molecular flexibility index (Phi) is 9.86. The number of piperazine rings is 1. The minimum Gasteiger partial charge on any atom is -0.462 e. The Hall–Kier alpha value is -4.64. The highest BCUT2D eigenvalue weighted by Gasteiger charge is 2.40. The molecule has 0 unspecified atom stereocenters. The van der Waals surface area contributed by atoms with Crippen molar-refractivity contribution in [1.29, 1.82) is 5.26 Å². The number of ether oxygens (including phenoxy) is 2. The van der Waals surface area contributed by atoms with E-state index in [2.05, 4.69) is 16.0 Å². The first-order valence-electron chi connectivity index (χ1n) is 16.0. The van der Waals surface area contributed by atoms with Crippen LogP contribution in [-0.2, 0) is 30.5 Å². The van der Waals surface area contributed by atoms with Gasteiger partial charge in [-0.3, -0.25) is 0 Å². The van der Waals surface area contributed by atoms with Gasteiger partial charge in [0.2, 0.25) is 0 Å². The summed E-state index contributed by atoms with van der Waals surface area (Å²) < 4.78 is 68.1. The number of aromatic nitrogens is 2. The number of likely N-dealkylation sites (N-methyl/N-ethyl adjacent to an activating group) is 1. The molecule has 2 saturated heterocycles. The van der Waals surface area contributed by atoms with Crippen LogP contribution in [0.1, 0.15) is 41.6 Å². The molecular formula is C34H37F4N7O3. The average molecular weight is 668 g/mol. The van der Waals surface area contributed by atoms with Crippen molar-refractivity contribution >= 4 is 17.6 Å². The molecule has 0 spiro atoms. The molecule has 0 radical (unpaired) electrons. The molecule has 4 heterocycles. The fraction of sp³-hybridized carbons (Fsp3) is 0.471. The molecule has 2 fully saturated rings. The van der Waals surface area contributed by atoms with Gasteiger partial charge in [-0.25, -0.2) is 9.18 Å². The highest BCUT2D eigenvalue weighted by atomic mass is 19.4. The van der Waals surface area contributed by atoms with Crippen molar-refractivity contribution in [1.82, 2.24) is 19.8 Å². The van der Waals surface area contributed by atoms with E-state index in [-0.39, 0.29) is 56.9 Å². The third kappa shape index (κ3) is 7.26. The van der Waals surface area contributed by atoms with Crippen LogP contribution >= 0.6 is 0 Å². The van der Waals surface area contributed by atoms with Crippen LogP contribution in [0.4, 0.5) is 33.9 Å². The van der Waals surface area contributed by atoms with Crippen molar-refractivity contribution in [3.63, 3.8) is 0 Å². The van der Waals surface area contributed by atoms with E-state index < -0.39 is 29.7 Å². The van der Waals surface area contributed by atoms with Crippen LogP contribution in [-0.4, -0.2) is 84.3 Å². The summed E-state index contributed by atoms with van der Waals surface area (Å²) in [5.74, 6) is -0.771. The van der Waals surface area contributed by atoms with E-state index in [0.717, 1.165) is 36.6 Å². The summed E-state index contributed by atoms with van der Waals surface area (Å²) in [6.07, 6.45) is -3.03. The molecular weight excluding hydrogens is 630 g/mol. The summed E-state index contributed by atoms with van der Waals surface area (Å²) in [5, 5.41) is 9.64. The van der Waals surface area contributed by atoms with Gasteiger partial charge in [0.25, 0.3) is 0 Å². The van der Waals surface area contributed by atoms with Gasteiger partial charge in [-0.15, -0.1) is 0 Å². The number of fused-ring (bicyclic) bond motifs is 1. The number of hydrogen-bond donors (Lipinski definition) is 0. The van der Waals surface area contributed by atoms with Crippen molar-refractivity contribution in [3.8, 4) is 12.1 Å². The molecule has 3 aromatic rings. The predicted octanol–water partition coefficient (Wildman–Crippen LogP) is 5.41. The van der Waals surface area contributed by atoms with E-state index in [9.17, 15) is 27.6 Å². The van der Waals surface area contributed by atoms with Gasteiger partial charge in [0.05, 0.1) is 36.5 Å². The second-order valence-corrected chi connectivity index (χ2v) is 12.3. The SMILES string of the molecule is CN1CCC[C@H]1COc1nc2c(c(N3CCN(C(=O)OCc4ccccc4)[C@@H](CC#N)C3)n1)CCN(c1cccc(F)c1C(F)(F)F)C2. The Labute approximate surface area is 276 Å². The standard InChI is InChI=1S/C34H37F4N7O3/c1-42-15-6-9-25(42)22-47-32-40-28-20-43(29-11-5-10-27(35)30(29)34(36,37)38)16-13-26(28)31(41-32)44-17-18-45(24(19-44)12-14-39)33(46)48-21-23-7-3-2-4-8-23/h2-5,7-8,10-11,24-25H,6,9,12-13,15-22H2,1H3/t24-,25-/m0/s1. The summed E-state index contributed by atoms with van der Waals surface area (Å²) in [7, 11) is 2.02. The first-order chi connectivity index (χ1) is 23.1. The smallest absolute Gasteiger partial charge is 0.421 e. The number of anilines is 2. The molecule has 2 aromatic carbocycles. The molecule has 2 atom stereocenters. The maximum atomic E-state index is 14.5. The molecule has 0 N–H and O–H groups in total. The number of alkyl halides is 3. The highest BCUT2D eigenvalue weighted by Crippen LogP contribution is 2.41. The first kappa shape index (κ1) is 33.3. The molecule has 48 heavy (non-hydrogen) atoms. The van der Waals surface area contributed by atoms with Crippen LogP contribution in [0.15, 0.2) is 48.5 Å². The number of amides is 1. The average Bonchev–Trinajstić information content (AvgIpc) is 3.49. The largest absolute Gasteiger partial charge is 0.462 e. The molecule has 3 aliphatic rings. The Morgan fingerprint density at radius 3 is 2.56 bits per heavy atom. The highest BCUT2D eigenvalue weighted by molar-refractivity contribution is 5.69. The van der Waals surface area contributed by atoms with E-state index in [1.807, 2.05) is 42.3 Å². The van der Waals surface area contributed by atoms with Gasteiger partial charge in [0.1, 0.15) is 30.4 Å². The maximum Gasteiger partial charge on any atom is 0.421 e. The Balaban J connectivity index is 1.27. The molecule has 10 nitrogen and oxygen atoms in total. The molecule has 6 rings (SSSR count). The van der Waals surface area contributed by atoms with Gasteiger partial charge in [0, 0.05) is 37.8 Å². The Bertz CT molecular complexity index is 1650. The van der Waals surface area contributed by atoms with E-state index in [0.29, 0.717) is 31.1 Å². The summed E-state index contributed by atoms with van der Waals surface area (Å²) >= 11 is 0. The number of carbonyl (C=O) groups excluding carboxylic acids is 1. The second kappa shape index (κ2) is 14.2.